The molecule has 1 aromatic heterocycles. The Morgan fingerprint density at radius 1 is 1.41 bits per heavy atom. The number of rotatable bonds is 2. The van der Waals surface area contributed by atoms with Crippen molar-refractivity contribution in [2.75, 3.05) is 13.2 Å². The minimum atomic E-state index is -4.23. The molecular formula is C9H11FN2O4S. The van der Waals surface area contributed by atoms with E-state index in [-0.39, 0.29) is 12.4 Å². The number of halogens is 1. The van der Waals surface area contributed by atoms with Gasteiger partial charge >= 0.3 is 0 Å². The molecular weight excluding hydrogens is 251 g/mol. The summed E-state index contributed by atoms with van der Waals surface area (Å²) in [7, 11) is -4.23. The zero-order valence-electron chi connectivity index (χ0n) is 8.78. The molecule has 1 aliphatic heterocycles. The van der Waals surface area contributed by atoms with Gasteiger partial charge in [0.15, 0.2) is 5.82 Å². The molecule has 94 valence electrons. The van der Waals surface area contributed by atoms with Gasteiger partial charge in [-0.1, -0.05) is 0 Å². The van der Waals surface area contributed by atoms with Crippen molar-refractivity contribution in [1.82, 2.24) is 9.97 Å². The van der Waals surface area contributed by atoms with Gasteiger partial charge in [-0.05, 0) is 6.42 Å². The van der Waals surface area contributed by atoms with E-state index >= 15 is 0 Å². The van der Waals surface area contributed by atoms with E-state index in [2.05, 4.69) is 9.97 Å². The van der Waals surface area contributed by atoms with E-state index in [1.54, 1.807) is 0 Å². The summed E-state index contributed by atoms with van der Waals surface area (Å²) in [6, 6.07) is 0. The third kappa shape index (κ3) is 2.76. The molecule has 17 heavy (non-hydrogen) atoms. The maximum absolute atomic E-state index is 12.7. The van der Waals surface area contributed by atoms with Gasteiger partial charge in [-0.15, -0.1) is 0 Å². The Morgan fingerprint density at radius 3 is 2.65 bits per heavy atom. The summed E-state index contributed by atoms with van der Waals surface area (Å²) in [6.45, 7) is 0.252. The fourth-order valence-corrected chi connectivity index (χ4v) is 2.76. The van der Waals surface area contributed by atoms with E-state index in [1.807, 2.05) is 0 Å². The second-order valence-electron chi connectivity index (χ2n) is 3.78. The van der Waals surface area contributed by atoms with E-state index in [0.717, 1.165) is 12.4 Å². The Balaban J connectivity index is 2.31. The van der Waals surface area contributed by atoms with Crippen molar-refractivity contribution in [2.45, 2.75) is 17.6 Å². The van der Waals surface area contributed by atoms with Crippen LogP contribution in [0.4, 0.5) is 4.39 Å². The minimum absolute atomic E-state index is 0.107. The predicted octanol–water partition coefficient (Wildman–Crippen LogP) is 0.376. The average molecular weight is 262 g/mol. The molecule has 1 aromatic rings. The lowest BCUT2D eigenvalue weighted by molar-refractivity contribution is 0.0840. The van der Waals surface area contributed by atoms with Gasteiger partial charge in [0.25, 0.3) is 10.1 Å². The molecule has 1 aliphatic rings. The molecule has 2 rings (SSSR count). The molecule has 1 saturated heterocycles. The molecule has 0 radical (unpaired) electrons. The first kappa shape index (κ1) is 12.3. The van der Waals surface area contributed by atoms with Crippen molar-refractivity contribution in [3.63, 3.8) is 0 Å². The van der Waals surface area contributed by atoms with E-state index < -0.39 is 27.1 Å². The van der Waals surface area contributed by atoms with Crippen LogP contribution in [0.5, 0.6) is 0 Å². The summed E-state index contributed by atoms with van der Waals surface area (Å²) in [4.78, 5) is 7.50. The van der Waals surface area contributed by atoms with Gasteiger partial charge in [-0.3, -0.25) is 4.55 Å². The highest BCUT2D eigenvalue weighted by Gasteiger charge is 2.37. The molecule has 0 spiro atoms. The zero-order valence-corrected chi connectivity index (χ0v) is 9.60. The van der Waals surface area contributed by atoms with Crippen LogP contribution in [0.1, 0.15) is 18.2 Å². The van der Waals surface area contributed by atoms with Crippen molar-refractivity contribution in [1.29, 1.82) is 0 Å². The van der Waals surface area contributed by atoms with Gasteiger partial charge in [0.1, 0.15) is 11.1 Å². The quantitative estimate of drug-likeness (QED) is 0.775. The van der Waals surface area contributed by atoms with Crippen LogP contribution in [-0.4, -0.2) is 41.4 Å². The second kappa shape index (κ2) is 4.63. The number of nitrogens with zero attached hydrogens (tertiary/aromatic N) is 2. The molecule has 0 unspecified atom stereocenters. The Hall–Kier alpha value is -1.12. The maximum Gasteiger partial charge on any atom is 0.270 e. The third-order valence-corrected chi connectivity index (χ3v) is 3.89. The summed E-state index contributed by atoms with van der Waals surface area (Å²) >= 11 is 0. The van der Waals surface area contributed by atoms with E-state index in [9.17, 15) is 12.8 Å². The van der Waals surface area contributed by atoms with Crippen molar-refractivity contribution >= 4 is 10.1 Å². The van der Waals surface area contributed by atoms with E-state index in [4.69, 9.17) is 9.29 Å². The fraction of sp³-hybridized carbons (Fsp3) is 0.556. The monoisotopic (exact) mass is 262 g/mol. The molecule has 0 aliphatic carbocycles. The van der Waals surface area contributed by atoms with Gasteiger partial charge in [0.2, 0.25) is 0 Å². The van der Waals surface area contributed by atoms with Gasteiger partial charge in [0.05, 0.1) is 19.0 Å². The summed E-state index contributed by atoms with van der Waals surface area (Å²) < 4.78 is 49.1. The SMILES string of the molecule is O=S(=O)(O)[C@@H]1COCC[C@@H]1c1ncc(F)cn1. The number of ether oxygens (including phenoxy) is 1. The van der Waals surface area contributed by atoms with Crippen LogP contribution in [-0.2, 0) is 14.9 Å². The molecule has 2 heterocycles. The Kier molecular flexibility index (Phi) is 3.36. The molecule has 1 fully saturated rings. The highest BCUT2D eigenvalue weighted by molar-refractivity contribution is 7.86. The Labute approximate surface area is 97.6 Å². The molecule has 2 atom stereocenters. The van der Waals surface area contributed by atoms with E-state index in [0.29, 0.717) is 13.0 Å². The lowest BCUT2D eigenvalue weighted by Gasteiger charge is -2.27. The second-order valence-corrected chi connectivity index (χ2v) is 5.42. The number of aromatic nitrogens is 2. The minimum Gasteiger partial charge on any atom is -0.380 e. The normalized spacial score (nSPS) is 25.8. The highest BCUT2D eigenvalue weighted by Crippen LogP contribution is 2.28. The Morgan fingerprint density at radius 2 is 2.06 bits per heavy atom. The van der Waals surface area contributed by atoms with Crippen molar-refractivity contribution < 1.29 is 22.1 Å². The molecule has 0 saturated carbocycles. The van der Waals surface area contributed by atoms with Crippen LogP contribution < -0.4 is 0 Å². The number of hydrogen-bond acceptors (Lipinski definition) is 5. The van der Waals surface area contributed by atoms with Crippen LogP contribution >= 0.6 is 0 Å². The van der Waals surface area contributed by atoms with Crippen LogP contribution in [0.3, 0.4) is 0 Å². The van der Waals surface area contributed by atoms with Crippen LogP contribution in [0, 0.1) is 5.82 Å². The molecule has 1 N–H and O–H groups in total. The lowest BCUT2D eigenvalue weighted by atomic mass is 9.99. The van der Waals surface area contributed by atoms with Gasteiger partial charge in [-0.25, -0.2) is 14.4 Å². The summed E-state index contributed by atoms with van der Waals surface area (Å²) in [5, 5.41) is -1.10. The van der Waals surface area contributed by atoms with Crippen LogP contribution in [0.25, 0.3) is 0 Å². The first-order chi connectivity index (χ1) is 7.98. The third-order valence-electron chi connectivity index (χ3n) is 2.66. The molecule has 0 bridgehead atoms. The molecule has 0 amide bonds. The average Bonchev–Trinajstić information content (AvgIpc) is 2.29. The Bertz CT molecular complexity index is 490. The fourth-order valence-electron chi connectivity index (χ4n) is 1.81. The van der Waals surface area contributed by atoms with Crippen molar-refractivity contribution in [2.24, 2.45) is 0 Å². The van der Waals surface area contributed by atoms with Crippen molar-refractivity contribution in [3.8, 4) is 0 Å². The van der Waals surface area contributed by atoms with E-state index in [1.165, 1.54) is 0 Å². The van der Waals surface area contributed by atoms with Crippen molar-refractivity contribution in [3.05, 3.63) is 24.0 Å². The number of hydrogen-bond donors (Lipinski definition) is 1. The standard InChI is InChI=1S/C9H11FN2O4S/c10-6-3-11-9(12-4-6)7-1-2-16-5-8(7)17(13,14)15/h3-4,7-8H,1-2,5H2,(H,13,14,15)/t7-,8+/m0/s1. The highest BCUT2D eigenvalue weighted by atomic mass is 32.2. The summed E-state index contributed by atoms with van der Waals surface area (Å²) in [6.07, 6.45) is 2.31. The molecule has 0 aromatic carbocycles. The predicted molar refractivity (Wildman–Crippen MR) is 55.5 cm³/mol. The van der Waals surface area contributed by atoms with Gasteiger partial charge < -0.3 is 4.74 Å². The van der Waals surface area contributed by atoms with Crippen LogP contribution in [0.2, 0.25) is 0 Å². The smallest absolute Gasteiger partial charge is 0.270 e. The maximum atomic E-state index is 12.7. The first-order valence-corrected chi connectivity index (χ1v) is 6.50. The lowest BCUT2D eigenvalue weighted by Crippen LogP contribution is -2.38. The van der Waals surface area contributed by atoms with Gasteiger partial charge in [-0.2, -0.15) is 8.42 Å². The van der Waals surface area contributed by atoms with Crippen LogP contribution in [0.15, 0.2) is 12.4 Å². The summed E-state index contributed by atoms with van der Waals surface area (Å²) in [5.41, 5.74) is 0. The largest absolute Gasteiger partial charge is 0.380 e. The zero-order chi connectivity index (χ0) is 12.5. The first-order valence-electron chi connectivity index (χ1n) is 5.00. The topological polar surface area (TPSA) is 89.4 Å². The molecule has 8 heteroatoms. The summed E-state index contributed by atoms with van der Waals surface area (Å²) in [5.74, 6) is -0.958. The molecule has 6 nitrogen and oxygen atoms in total. The van der Waals surface area contributed by atoms with Gasteiger partial charge in [0, 0.05) is 12.5 Å².